The smallest absolute Gasteiger partial charge is 0.0863 e. The molecule has 0 aromatic heterocycles. The van der Waals surface area contributed by atoms with Gasteiger partial charge in [0.2, 0.25) is 0 Å². The van der Waals surface area contributed by atoms with Crippen LogP contribution in [0.15, 0.2) is 0 Å². The Morgan fingerprint density at radius 2 is 2.00 bits per heavy atom. The van der Waals surface area contributed by atoms with Gasteiger partial charge in [-0.15, -0.1) is 0 Å². The molecular formula is C8H16O2. The van der Waals surface area contributed by atoms with Crippen molar-refractivity contribution in [3.8, 4) is 0 Å². The van der Waals surface area contributed by atoms with E-state index in [-0.39, 0.29) is 6.61 Å². The zero-order chi connectivity index (χ0) is 7.40. The topological polar surface area (TPSA) is 32.8 Å². The molecule has 2 nitrogen and oxygen atoms in total. The van der Waals surface area contributed by atoms with Crippen LogP contribution in [0.4, 0.5) is 0 Å². The molecule has 0 aliphatic carbocycles. The van der Waals surface area contributed by atoms with E-state index in [1.54, 1.807) is 0 Å². The summed E-state index contributed by atoms with van der Waals surface area (Å²) in [5.74, 6) is 0. The molecule has 10 heavy (non-hydrogen) atoms. The molecule has 1 aliphatic heterocycles. The summed E-state index contributed by atoms with van der Waals surface area (Å²) < 4.78 is 5.30. The van der Waals surface area contributed by atoms with Crippen molar-refractivity contribution in [3.63, 3.8) is 0 Å². The van der Waals surface area contributed by atoms with Crippen LogP contribution < -0.4 is 0 Å². The average Bonchev–Trinajstić information content (AvgIpc) is 2.65. The fraction of sp³-hybridized carbons (Fsp3) is 1.00. The molecule has 0 aromatic carbocycles. The molecule has 1 saturated heterocycles. The Bertz CT molecular complexity index is 93.3. The monoisotopic (exact) mass is 144 g/mol. The van der Waals surface area contributed by atoms with Crippen LogP contribution in [-0.4, -0.2) is 23.9 Å². The third-order valence-corrected chi connectivity index (χ3v) is 1.94. The highest BCUT2D eigenvalue weighted by Crippen LogP contribution is 2.29. The number of epoxide rings is 1. The summed E-state index contributed by atoms with van der Waals surface area (Å²) in [5.41, 5.74) is 0. The van der Waals surface area contributed by atoms with Gasteiger partial charge in [-0.2, -0.15) is 0 Å². The van der Waals surface area contributed by atoms with Crippen LogP contribution in [0.25, 0.3) is 0 Å². The molecule has 60 valence electrons. The van der Waals surface area contributed by atoms with Crippen LogP contribution in [0, 0.1) is 0 Å². The lowest BCUT2D eigenvalue weighted by molar-refractivity contribution is 0.262. The van der Waals surface area contributed by atoms with Crippen molar-refractivity contribution >= 4 is 0 Å². The average molecular weight is 144 g/mol. The fourth-order valence-electron chi connectivity index (χ4n) is 1.22. The Morgan fingerprint density at radius 3 is 2.60 bits per heavy atom. The number of ether oxygens (including phenoxy) is 1. The summed E-state index contributed by atoms with van der Waals surface area (Å²) >= 11 is 0. The second kappa shape index (κ2) is 3.94. The highest BCUT2D eigenvalue weighted by atomic mass is 16.6. The van der Waals surface area contributed by atoms with Gasteiger partial charge in [0.1, 0.15) is 0 Å². The first-order chi connectivity index (χ1) is 4.88. The Balaban J connectivity index is 1.92. The first-order valence-electron chi connectivity index (χ1n) is 4.14. The van der Waals surface area contributed by atoms with Gasteiger partial charge in [-0.1, -0.05) is 19.8 Å². The molecule has 0 aromatic rings. The van der Waals surface area contributed by atoms with E-state index in [0.717, 1.165) is 6.42 Å². The third kappa shape index (κ3) is 2.27. The van der Waals surface area contributed by atoms with Crippen molar-refractivity contribution in [1.29, 1.82) is 0 Å². The van der Waals surface area contributed by atoms with Gasteiger partial charge in [0.25, 0.3) is 0 Å². The number of aliphatic hydroxyl groups excluding tert-OH is 1. The molecule has 1 fully saturated rings. The largest absolute Gasteiger partial charge is 0.396 e. The van der Waals surface area contributed by atoms with Crippen molar-refractivity contribution in [1.82, 2.24) is 0 Å². The SMILES string of the molecule is CCCC[C@@H]1O[C@H]1CCO. The summed E-state index contributed by atoms with van der Waals surface area (Å²) in [5, 5.41) is 8.54. The summed E-state index contributed by atoms with van der Waals surface area (Å²) in [7, 11) is 0. The summed E-state index contributed by atoms with van der Waals surface area (Å²) in [6, 6.07) is 0. The van der Waals surface area contributed by atoms with Gasteiger partial charge in [-0.05, 0) is 12.8 Å². The van der Waals surface area contributed by atoms with Crippen molar-refractivity contribution in [2.75, 3.05) is 6.61 Å². The van der Waals surface area contributed by atoms with Gasteiger partial charge < -0.3 is 9.84 Å². The second-order valence-corrected chi connectivity index (χ2v) is 2.87. The van der Waals surface area contributed by atoms with E-state index < -0.39 is 0 Å². The summed E-state index contributed by atoms with van der Waals surface area (Å²) in [6.45, 7) is 2.46. The van der Waals surface area contributed by atoms with Crippen LogP contribution in [0.1, 0.15) is 32.6 Å². The zero-order valence-corrected chi connectivity index (χ0v) is 6.55. The number of aliphatic hydroxyl groups is 1. The second-order valence-electron chi connectivity index (χ2n) is 2.87. The normalized spacial score (nSPS) is 30.6. The van der Waals surface area contributed by atoms with Gasteiger partial charge >= 0.3 is 0 Å². The van der Waals surface area contributed by atoms with Crippen LogP contribution in [0.2, 0.25) is 0 Å². The van der Waals surface area contributed by atoms with Gasteiger partial charge in [-0.3, -0.25) is 0 Å². The molecule has 0 saturated carbocycles. The number of unbranched alkanes of at least 4 members (excludes halogenated alkanes) is 1. The predicted molar refractivity (Wildman–Crippen MR) is 39.9 cm³/mol. The summed E-state index contributed by atoms with van der Waals surface area (Å²) in [4.78, 5) is 0. The van der Waals surface area contributed by atoms with E-state index >= 15 is 0 Å². The van der Waals surface area contributed by atoms with Crippen LogP contribution in [-0.2, 0) is 4.74 Å². The Hall–Kier alpha value is -0.0800. The molecular weight excluding hydrogens is 128 g/mol. The number of hydrogen-bond acceptors (Lipinski definition) is 2. The van der Waals surface area contributed by atoms with Gasteiger partial charge in [0.05, 0.1) is 12.2 Å². The van der Waals surface area contributed by atoms with Gasteiger partial charge in [-0.25, -0.2) is 0 Å². The minimum absolute atomic E-state index is 0.271. The van der Waals surface area contributed by atoms with E-state index in [9.17, 15) is 0 Å². The van der Waals surface area contributed by atoms with Crippen LogP contribution >= 0.6 is 0 Å². The minimum Gasteiger partial charge on any atom is -0.396 e. The fourth-order valence-corrected chi connectivity index (χ4v) is 1.22. The first kappa shape index (κ1) is 8.02. The third-order valence-electron chi connectivity index (χ3n) is 1.94. The maximum Gasteiger partial charge on any atom is 0.0863 e. The molecule has 0 spiro atoms. The Morgan fingerprint density at radius 1 is 1.30 bits per heavy atom. The van der Waals surface area contributed by atoms with Crippen LogP contribution in [0.3, 0.4) is 0 Å². The number of hydrogen-bond donors (Lipinski definition) is 1. The molecule has 0 unspecified atom stereocenters. The molecule has 2 atom stereocenters. The highest BCUT2D eigenvalue weighted by molar-refractivity contribution is 4.83. The standard InChI is InChI=1S/C8H16O2/c1-2-3-4-7-8(10-7)5-6-9/h7-9H,2-6H2,1H3/t7-,8-/m0/s1. The van der Waals surface area contributed by atoms with Crippen molar-refractivity contribution in [2.45, 2.75) is 44.8 Å². The van der Waals surface area contributed by atoms with E-state index in [1.165, 1.54) is 19.3 Å². The lowest BCUT2D eigenvalue weighted by Gasteiger charge is -1.90. The van der Waals surface area contributed by atoms with Crippen molar-refractivity contribution in [3.05, 3.63) is 0 Å². The summed E-state index contributed by atoms with van der Waals surface area (Å²) in [6.07, 6.45) is 5.37. The van der Waals surface area contributed by atoms with E-state index in [1.807, 2.05) is 0 Å². The van der Waals surface area contributed by atoms with Crippen LogP contribution in [0.5, 0.6) is 0 Å². The lowest BCUT2D eigenvalue weighted by atomic mass is 10.1. The highest BCUT2D eigenvalue weighted by Gasteiger charge is 2.36. The van der Waals surface area contributed by atoms with Gasteiger partial charge in [0.15, 0.2) is 0 Å². The van der Waals surface area contributed by atoms with Gasteiger partial charge in [0, 0.05) is 6.61 Å². The molecule has 1 heterocycles. The van der Waals surface area contributed by atoms with E-state index in [2.05, 4.69) is 6.92 Å². The predicted octanol–water partition coefficient (Wildman–Crippen LogP) is 1.33. The Labute approximate surface area is 62.2 Å². The first-order valence-corrected chi connectivity index (χ1v) is 4.14. The van der Waals surface area contributed by atoms with Crippen molar-refractivity contribution in [2.24, 2.45) is 0 Å². The minimum atomic E-state index is 0.271. The van der Waals surface area contributed by atoms with E-state index in [4.69, 9.17) is 9.84 Å². The Kier molecular flexibility index (Phi) is 3.16. The van der Waals surface area contributed by atoms with Crippen molar-refractivity contribution < 1.29 is 9.84 Å². The quantitative estimate of drug-likeness (QED) is 0.590. The molecule has 1 N–H and O–H groups in total. The molecule has 0 amide bonds. The molecule has 0 radical (unpaired) electrons. The van der Waals surface area contributed by atoms with E-state index in [0.29, 0.717) is 12.2 Å². The maximum absolute atomic E-state index is 8.54. The zero-order valence-electron chi connectivity index (χ0n) is 6.55. The molecule has 1 rings (SSSR count). The number of rotatable bonds is 5. The maximum atomic E-state index is 8.54. The lowest BCUT2D eigenvalue weighted by Crippen LogP contribution is -1.96. The molecule has 2 heteroatoms. The molecule has 1 aliphatic rings. The molecule has 0 bridgehead atoms.